The number of hydrogen-bond donors (Lipinski definition) is 0. The van der Waals surface area contributed by atoms with Gasteiger partial charge in [0.25, 0.3) is 0 Å². The summed E-state index contributed by atoms with van der Waals surface area (Å²) in [6.45, 7) is 11.8. The molecule has 1 saturated carbocycles. The maximum atomic E-state index is 5.81. The van der Waals surface area contributed by atoms with Gasteiger partial charge < -0.3 is 9.47 Å². The summed E-state index contributed by atoms with van der Waals surface area (Å²) in [5.41, 5.74) is 0. The molecule has 0 bridgehead atoms. The van der Waals surface area contributed by atoms with E-state index in [1.807, 2.05) is 0 Å². The van der Waals surface area contributed by atoms with E-state index in [4.69, 9.17) is 21.1 Å². The Bertz CT molecular complexity index is 236. The molecular weight excluding hydrogens is 200 g/mol. The Morgan fingerprint density at radius 1 is 1.36 bits per heavy atom. The molecule has 0 N–H and O–H groups in total. The maximum Gasteiger partial charge on any atom is 0.177 e. The molecule has 0 heterocycles. The molecule has 0 aromatic rings. The minimum absolute atomic E-state index is 0.0871. The first-order valence-corrected chi connectivity index (χ1v) is 4.88. The molecule has 2 nitrogen and oxygen atoms in total. The second kappa shape index (κ2) is 4.78. The van der Waals surface area contributed by atoms with E-state index in [1.165, 1.54) is 0 Å². The Balaban J connectivity index is 2.50. The average Bonchev–Trinajstić information content (AvgIpc) is 2.88. The standard InChI is InChI=1S/C11H15ClO2/c1-4-6-13-11(14-7-5-2)8-10(11)9(3)12/h4-5,10H,1-3,6-8H2. The van der Waals surface area contributed by atoms with Gasteiger partial charge in [-0.2, -0.15) is 0 Å². The molecule has 0 spiro atoms. The highest BCUT2D eigenvalue weighted by atomic mass is 35.5. The quantitative estimate of drug-likeness (QED) is 0.479. The number of halogens is 1. The maximum absolute atomic E-state index is 5.81. The smallest absolute Gasteiger partial charge is 0.177 e. The van der Waals surface area contributed by atoms with E-state index in [0.29, 0.717) is 18.2 Å². The summed E-state index contributed by atoms with van der Waals surface area (Å²) >= 11 is 5.81. The molecule has 1 aliphatic rings. The van der Waals surface area contributed by atoms with Gasteiger partial charge in [0.2, 0.25) is 0 Å². The van der Waals surface area contributed by atoms with E-state index < -0.39 is 5.79 Å². The Kier molecular flexibility index (Phi) is 3.93. The van der Waals surface area contributed by atoms with Crippen LogP contribution in [0.25, 0.3) is 0 Å². The van der Waals surface area contributed by atoms with Crippen LogP contribution in [0.3, 0.4) is 0 Å². The molecule has 1 atom stereocenters. The highest BCUT2D eigenvalue weighted by molar-refractivity contribution is 6.29. The number of ether oxygens (including phenoxy) is 2. The van der Waals surface area contributed by atoms with Crippen molar-refractivity contribution in [3.05, 3.63) is 36.9 Å². The van der Waals surface area contributed by atoms with Crippen molar-refractivity contribution in [3.8, 4) is 0 Å². The third-order valence-electron chi connectivity index (χ3n) is 2.13. The van der Waals surface area contributed by atoms with Crippen molar-refractivity contribution < 1.29 is 9.47 Å². The average molecular weight is 215 g/mol. The highest BCUT2D eigenvalue weighted by Gasteiger charge is 2.58. The van der Waals surface area contributed by atoms with Crippen molar-refractivity contribution in [1.82, 2.24) is 0 Å². The van der Waals surface area contributed by atoms with Gasteiger partial charge in [-0.15, -0.1) is 13.2 Å². The van der Waals surface area contributed by atoms with Crippen molar-refractivity contribution in [2.75, 3.05) is 13.2 Å². The molecule has 1 rings (SSSR count). The van der Waals surface area contributed by atoms with Crippen LogP contribution in [0.4, 0.5) is 0 Å². The molecule has 0 aromatic heterocycles. The lowest BCUT2D eigenvalue weighted by Gasteiger charge is -2.17. The van der Waals surface area contributed by atoms with Crippen LogP contribution in [0.5, 0.6) is 0 Å². The molecule has 0 aliphatic heterocycles. The van der Waals surface area contributed by atoms with Gasteiger partial charge in [0.15, 0.2) is 5.79 Å². The molecule has 0 amide bonds. The van der Waals surface area contributed by atoms with Gasteiger partial charge in [0.05, 0.1) is 19.1 Å². The predicted octanol–water partition coefficient (Wildman–Crippen LogP) is 2.86. The van der Waals surface area contributed by atoms with Crippen molar-refractivity contribution in [1.29, 1.82) is 0 Å². The molecule has 3 heteroatoms. The predicted molar refractivity (Wildman–Crippen MR) is 58.1 cm³/mol. The fourth-order valence-corrected chi connectivity index (χ4v) is 1.58. The van der Waals surface area contributed by atoms with Crippen LogP contribution >= 0.6 is 11.6 Å². The van der Waals surface area contributed by atoms with Gasteiger partial charge >= 0.3 is 0 Å². The summed E-state index contributed by atoms with van der Waals surface area (Å²) in [5.74, 6) is -0.495. The van der Waals surface area contributed by atoms with Crippen molar-refractivity contribution in [3.63, 3.8) is 0 Å². The van der Waals surface area contributed by atoms with Gasteiger partial charge in [0, 0.05) is 11.5 Å². The summed E-state index contributed by atoms with van der Waals surface area (Å²) in [6, 6.07) is 0. The zero-order valence-electron chi connectivity index (χ0n) is 8.17. The fourth-order valence-electron chi connectivity index (χ4n) is 1.34. The second-order valence-electron chi connectivity index (χ2n) is 3.21. The lowest BCUT2D eigenvalue weighted by molar-refractivity contribution is -0.159. The molecule has 14 heavy (non-hydrogen) atoms. The second-order valence-corrected chi connectivity index (χ2v) is 3.70. The minimum atomic E-state index is -0.582. The Morgan fingerprint density at radius 3 is 2.14 bits per heavy atom. The van der Waals surface area contributed by atoms with E-state index in [0.717, 1.165) is 6.42 Å². The van der Waals surface area contributed by atoms with Crippen LogP contribution < -0.4 is 0 Å². The van der Waals surface area contributed by atoms with Crippen molar-refractivity contribution in [2.24, 2.45) is 5.92 Å². The summed E-state index contributed by atoms with van der Waals surface area (Å²) < 4.78 is 11.1. The topological polar surface area (TPSA) is 18.5 Å². The molecule has 1 aliphatic carbocycles. The molecule has 1 unspecified atom stereocenters. The lowest BCUT2D eigenvalue weighted by atomic mass is 10.4. The highest BCUT2D eigenvalue weighted by Crippen LogP contribution is 2.52. The van der Waals surface area contributed by atoms with Crippen molar-refractivity contribution >= 4 is 11.6 Å². The zero-order chi connectivity index (χ0) is 10.6. The summed E-state index contributed by atoms with van der Waals surface area (Å²) in [4.78, 5) is 0. The Morgan fingerprint density at radius 2 is 1.86 bits per heavy atom. The first kappa shape index (κ1) is 11.5. The lowest BCUT2D eigenvalue weighted by Crippen LogP contribution is -2.22. The summed E-state index contributed by atoms with van der Waals surface area (Å²) in [5, 5.41) is 0.582. The van der Waals surface area contributed by atoms with Crippen molar-refractivity contribution in [2.45, 2.75) is 12.2 Å². The minimum Gasteiger partial charge on any atom is -0.345 e. The molecule has 78 valence electrons. The van der Waals surface area contributed by atoms with E-state index in [2.05, 4.69) is 19.7 Å². The molecule has 1 fully saturated rings. The van der Waals surface area contributed by atoms with Crippen LogP contribution in [-0.4, -0.2) is 19.0 Å². The molecule has 0 radical (unpaired) electrons. The Hall–Kier alpha value is -0.570. The van der Waals surface area contributed by atoms with Gasteiger partial charge in [-0.05, 0) is 0 Å². The van der Waals surface area contributed by atoms with Crippen LogP contribution in [0.1, 0.15) is 6.42 Å². The molecular formula is C11H15ClO2. The summed E-state index contributed by atoms with van der Waals surface area (Å²) in [6.07, 6.45) is 4.13. The van der Waals surface area contributed by atoms with Gasteiger partial charge in [-0.1, -0.05) is 30.3 Å². The van der Waals surface area contributed by atoms with E-state index >= 15 is 0 Å². The third kappa shape index (κ3) is 2.47. The van der Waals surface area contributed by atoms with Gasteiger partial charge in [-0.3, -0.25) is 0 Å². The van der Waals surface area contributed by atoms with Crippen LogP contribution in [0, 0.1) is 5.92 Å². The van der Waals surface area contributed by atoms with Gasteiger partial charge in [-0.25, -0.2) is 0 Å². The van der Waals surface area contributed by atoms with Crippen LogP contribution in [-0.2, 0) is 9.47 Å². The SMILES string of the molecule is C=CCOC1(OCC=C)CC1C(=C)Cl. The fraction of sp³-hybridized carbons (Fsp3) is 0.455. The Labute approximate surface area is 89.8 Å². The largest absolute Gasteiger partial charge is 0.345 e. The number of hydrogen-bond acceptors (Lipinski definition) is 2. The molecule has 0 saturated heterocycles. The van der Waals surface area contributed by atoms with Crippen LogP contribution in [0.2, 0.25) is 0 Å². The van der Waals surface area contributed by atoms with E-state index in [1.54, 1.807) is 12.2 Å². The number of rotatable bonds is 7. The molecule has 0 aromatic carbocycles. The normalized spacial score (nSPS) is 22.8. The monoisotopic (exact) mass is 214 g/mol. The van der Waals surface area contributed by atoms with E-state index in [9.17, 15) is 0 Å². The first-order valence-electron chi connectivity index (χ1n) is 4.50. The van der Waals surface area contributed by atoms with Crippen LogP contribution in [0.15, 0.2) is 36.9 Å². The summed E-state index contributed by atoms with van der Waals surface area (Å²) in [7, 11) is 0. The van der Waals surface area contributed by atoms with Gasteiger partial charge in [0.1, 0.15) is 0 Å². The first-order chi connectivity index (χ1) is 6.66. The zero-order valence-corrected chi connectivity index (χ0v) is 8.93. The third-order valence-corrected chi connectivity index (χ3v) is 2.39. The van der Waals surface area contributed by atoms with E-state index in [-0.39, 0.29) is 5.92 Å².